The van der Waals surface area contributed by atoms with E-state index in [2.05, 4.69) is 83.2 Å². The molecule has 0 amide bonds. The Hall–Kier alpha value is -4.36. The number of hydrogen-bond acceptors (Lipinski definition) is 4. The van der Waals surface area contributed by atoms with E-state index in [1.54, 1.807) is 0 Å². The average molecular weight is 519 g/mol. The highest BCUT2D eigenvalue weighted by atomic mass is 32.1. The molecule has 1 N–H and O–H groups in total. The number of thiocarbonyl (C=S) groups is 1. The summed E-state index contributed by atoms with van der Waals surface area (Å²) in [6.45, 7) is 4.59. The van der Waals surface area contributed by atoms with Crippen LogP contribution in [-0.2, 0) is 0 Å². The number of benzene rings is 3. The lowest BCUT2D eigenvalue weighted by molar-refractivity contribution is 0.174. The van der Waals surface area contributed by atoms with E-state index in [-0.39, 0.29) is 18.9 Å². The maximum absolute atomic E-state index is 5.95. The van der Waals surface area contributed by atoms with Crippen molar-refractivity contribution in [1.82, 2.24) is 14.9 Å². The molecular weight excluding hydrogens is 492 g/mol. The van der Waals surface area contributed by atoms with E-state index in [4.69, 9.17) is 26.7 Å². The third-order valence-corrected chi connectivity index (χ3v) is 7.84. The van der Waals surface area contributed by atoms with Crippen LogP contribution in [0.4, 0.5) is 5.69 Å². The van der Waals surface area contributed by atoms with Gasteiger partial charge in [-0.15, -0.1) is 0 Å². The fourth-order valence-electron chi connectivity index (χ4n) is 5.85. The molecule has 0 unspecified atom stereocenters. The standard InChI is InChI=1S/C31H26N4O2S/c1-19-16-24(20(2)34(19)26-12-7-9-21-8-3-4-10-23(21)26)30-29(25-11-5-6-15-32-25)33-31(38)35(30)22-13-14-27-28(17-22)37-18-36-27/h3-17,29-30H,18H2,1-2H3,(H,33,38)/t29-,30+/m1/s1. The van der Waals surface area contributed by atoms with Gasteiger partial charge in [-0.1, -0.05) is 42.5 Å². The Morgan fingerprint density at radius 3 is 2.58 bits per heavy atom. The van der Waals surface area contributed by atoms with E-state index in [0.717, 1.165) is 28.6 Å². The molecule has 1 fully saturated rings. The highest BCUT2D eigenvalue weighted by molar-refractivity contribution is 7.80. The number of fused-ring (bicyclic) bond motifs is 2. The van der Waals surface area contributed by atoms with Crippen LogP contribution in [0.15, 0.2) is 91.1 Å². The van der Waals surface area contributed by atoms with Gasteiger partial charge in [-0.2, -0.15) is 0 Å². The van der Waals surface area contributed by atoms with Gasteiger partial charge in [-0.05, 0) is 73.4 Å². The van der Waals surface area contributed by atoms with Crippen LogP contribution < -0.4 is 19.7 Å². The number of aromatic nitrogens is 2. The molecule has 2 atom stereocenters. The molecule has 1 saturated heterocycles. The SMILES string of the molecule is Cc1cc([C@H]2[C@@H](c3ccccn3)NC(=S)N2c2ccc3c(c2)OCO3)c(C)n1-c1cccc2ccccc12. The molecule has 0 radical (unpaired) electrons. The summed E-state index contributed by atoms with van der Waals surface area (Å²) < 4.78 is 13.6. The number of nitrogens with one attached hydrogen (secondary N) is 1. The molecule has 5 aromatic rings. The second-order valence-corrected chi connectivity index (χ2v) is 10.1. The number of rotatable bonds is 4. The summed E-state index contributed by atoms with van der Waals surface area (Å²) in [5.74, 6) is 1.48. The predicted molar refractivity (Wildman–Crippen MR) is 153 cm³/mol. The molecule has 0 aliphatic carbocycles. The fraction of sp³-hybridized carbons (Fsp3) is 0.161. The number of aryl methyl sites for hydroxylation is 1. The Morgan fingerprint density at radius 1 is 0.895 bits per heavy atom. The van der Waals surface area contributed by atoms with Crippen molar-refractivity contribution in [2.45, 2.75) is 25.9 Å². The first kappa shape index (κ1) is 22.8. The zero-order valence-corrected chi connectivity index (χ0v) is 21.9. The van der Waals surface area contributed by atoms with Crippen molar-refractivity contribution in [2.75, 3.05) is 11.7 Å². The number of hydrogen-bond donors (Lipinski definition) is 1. The van der Waals surface area contributed by atoms with Gasteiger partial charge in [0.25, 0.3) is 0 Å². The monoisotopic (exact) mass is 518 g/mol. The normalized spacial score (nSPS) is 18.3. The van der Waals surface area contributed by atoms with Crippen LogP contribution in [0.2, 0.25) is 0 Å². The maximum Gasteiger partial charge on any atom is 0.231 e. The lowest BCUT2D eigenvalue weighted by Gasteiger charge is -2.28. The molecule has 7 rings (SSSR count). The van der Waals surface area contributed by atoms with E-state index in [1.165, 1.54) is 27.7 Å². The Labute approximate surface area is 226 Å². The zero-order valence-electron chi connectivity index (χ0n) is 21.1. The van der Waals surface area contributed by atoms with Crippen molar-refractivity contribution in [2.24, 2.45) is 0 Å². The molecule has 2 aliphatic heterocycles. The second kappa shape index (κ2) is 8.89. The van der Waals surface area contributed by atoms with Crippen LogP contribution in [0.25, 0.3) is 16.5 Å². The first-order valence-electron chi connectivity index (χ1n) is 12.7. The lowest BCUT2D eigenvalue weighted by Crippen LogP contribution is -2.29. The molecule has 0 saturated carbocycles. The first-order valence-corrected chi connectivity index (χ1v) is 13.1. The van der Waals surface area contributed by atoms with Gasteiger partial charge in [0.2, 0.25) is 6.79 Å². The highest BCUT2D eigenvalue weighted by Gasteiger charge is 2.42. The molecule has 0 spiro atoms. The Bertz CT molecular complexity index is 1690. The Balaban J connectivity index is 1.41. The van der Waals surface area contributed by atoms with Gasteiger partial charge < -0.3 is 24.3 Å². The third kappa shape index (κ3) is 3.54. The topological polar surface area (TPSA) is 51.6 Å². The largest absolute Gasteiger partial charge is 0.454 e. The van der Waals surface area contributed by atoms with Crippen LogP contribution in [0.3, 0.4) is 0 Å². The van der Waals surface area contributed by atoms with Gasteiger partial charge >= 0.3 is 0 Å². The van der Waals surface area contributed by atoms with Gasteiger partial charge in [-0.3, -0.25) is 4.98 Å². The van der Waals surface area contributed by atoms with E-state index >= 15 is 0 Å². The molecule has 38 heavy (non-hydrogen) atoms. The van der Waals surface area contributed by atoms with Gasteiger partial charge in [0, 0.05) is 34.7 Å². The van der Waals surface area contributed by atoms with Crippen molar-refractivity contribution in [1.29, 1.82) is 0 Å². The number of anilines is 1. The highest BCUT2D eigenvalue weighted by Crippen LogP contribution is 2.46. The Kier molecular flexibility index (Phi) is 5.33. The molecule has 3 aromatic carbocycles. The van der Waals surface area contributed by atoms with Crippen LogP contribution in [0.5, 0.6) is 11.5 Å². The van der Waals surface area contributed by atoms with Gasteiger partial charge in [0.05, 0.1) is 23.5 Å². The zero-order chi connectivity index (χ0) is 25.8. The van der Waals surface area contributed by atoms with Crippen molar-refractivity contribution < 1.29 is 9.47 Å². The van der Waals surface area contributed by atoms with Crippen molar-refractivity contribution in [3.05, 3.63) is 114 Å². The first-order chi connectivity index (χ1) is 18.6. The van der Waals surface area contributed by atoms with E-state index in [9.17, 15) is 0 Å². The summed E-state index contributed by atoms with van der Waals surface area (Å²) in [6, 6.07) is 29.0. The van der Waals surface area contributed by atoms with E-state index in [0.29, 0.717) is 5.11 Å². The van der Waals surface area contributed by atoms with Crippen molar-refractivity contribution in [3.63, 3.8) is 0 Å². The van der Waals surface area contributed by atoms with Crippen molar-refractivity contribution >= 4 is 33.8 Å². The van der Waals surface area contributed by atoms with Gasteiger partial charge in [0.15, 0.2) is 16.6 Å². The van der Waals surface area contributed by atoms with Gasteiger partial charge in [-0.25, -0.2) is 0 Å². The van der Waals surface area contributed by atoms with Gasteiger partial charge in [0.1, 0.15) is 0 Å². The molecular formula is C31H26N4O2S. The van der Waals surface area contributed by atoms with Crippen LogP contribution in [0.1, 0.15) is 34.7 Å². The molecule has 0 bridgehead atoms. The molecule has 6 nitrogen and oxygen atoms in total. The van der Waals surface area contributed by atoms with Crippen LogP contribution >= 0.6 is 12.2 Å². The smallest absolute Gasteiger partial charge is 0.231 e. The predicted octanol–water partition coefficient (Wildman–Crippen LogP) is 6.55. The molecule has 2 aliphatic rings. The summed E-state index contributed by atoms with van der Waals surface area (Å²) in [4.78, 5) is 6.90. The van der Waals surface area contributed by atoms with Crippen LogP contribution in [0, 0.1) is 13.8 Å². The maximum atomic E-state index is 5.95. The minimum atomic E-state index is -0.129. The molecule has 2 aromatic heterocycles. The molecule has 7 heteroatoms. The van der Waals surface area contributed by atoms with Crippen LogP contribution in [-0.4, -0.2) is 21.5 Å². The second-order valence-electron chi connectivity index (χ2n) is 9.69. The summed E-state index contributed by atoms with van der Waals surface area (Å²) >= 11 is 5.95. The average Bonchev–Trinajstić information content (AvgIpc) is 3.63. The van der Waals surface area contributed by atoms with Crippen molar-refractivity contribution in [3.8, 4) is 17.2 Å². The third-order valence-electron chi connectivity index (χ3n) is 7.53. The summed E-state index contributed by atoms with van der Waals surface area (Å²) in [6.07, 6.45) is 1.83. The lowest BCUT2D eigenvalue weighted by atomic mass is 9.96. The van der Waals surface area contributed by atoms with E-state index < -0.39 is 0 Å². The Morgan fingerprint density at radius 2 is 1.71 bits per heavy atom. The number of ether oxygens (including phenoxy) is 2. The summed E-state index contributed by atoms with van der Waals surface area (Å²) in [5, 5.41) is 6.66. The number of nitrogens with zero attached hydrogens (tertiary/aromatic N) is 3. The molecule has 188 valence electrons. The molecule has 4 heterocycles. The quantitative estimate of drug-likeness (QED) is 0.272. The fourth-order valence-corrected chi connectivity index (χ4v) is 6.19. The summed E-state index contributed by atoms with van der Waals surface area (Å²) in [5.41, 5.74) is 6.58. The number of pyridine rings is 1. The minimum Gasteiger partial charge on any atom is -0.454 e. The minimum absolute atomic E-state index is 0.118. The van der Waals surface area contributed by atoms with E-state index in [1.807, 2.05) is 36.5 Å². The summed E-state index contributed by atoms with van der Waals surface area (Å²) in [7, 11) is 0.